The van der Waals surface area contributed by atoms with Crippen LogP contribution in [0.3, 0.4) is 0 Å². The molecule has 0 aliphatic heterocycles. The van der Waals surface area contributed by atoms with E-state index in [0.29, 0.717) is 6.42 Å². The molecule has 0 amide bonds. The van der Waals surface area contributed by atoms with Gasteiger partial charge in [-0.05, 0) is 96.1 Å². The molecule has 1 saturated carbocycles. The van der Waals surface area contributed by atoms with Gasteiger partial charge < -0.3 is 15.3 Å². The molecule has 2 aliphatic rings. The molecule has 1 fully saturated rings. The third kappa shape index (κ3) is 10.4. The van der Waals surface area contributed by atoms with E-state index >= 15 is 0 Å². The van der Waals surface area contributed by atoms with Crippen molar-refractivity contribution in [2.75, 3.05) is 0 Å². The van der Waals surface area contributed by atoms with Crippen LogP contribution in [0.1, 0.15) is 101 Å². The molecule has 0 unspecified atom stereocenters. The van der Waals surface area contributed by atoms with Crippen LogP contribution in [-0.2, 0) is 0 Å². The van der Waals surface area contributed by atoms with Gasteiger partial charge in [-0.15, -0.1) is 0 Å². The van der Waals surface area contributed by atoms with Gasteiger partial charge in [-0.2, -0.15) is 0 Å². The van der Waals surface area contributed by atoms with E-state index in [1.165, 1.54) is 22.3 Å². The van der Waals surface area contributed by atoms with Gasteiger partial charge in [-0.3, -0.25) is 0 Å². The molecule has 3 heteroatoms. The average Bonchev–Trinajstić information content (AvgIpc) is 2.87. The Labute approximate surface area is 262 Å². The molecule has 3 N–H and O–H groups in total. The molecule has 2 rings (SSSR count). The third-order valence-electron chi connectivity index (χ3n) is 9.16. The van der Waals surface area contributed by atoms with E-state index in [0.717, 1.165) is 36.8 Å². The highest BCUT2D eigenvalue weighted by molar-refractivity contribution is 5.38. The Balaban J connectivity index is 1.93. The van der Waals surface area contributed by atoms with Crippen LogP contribution in [0.5, 0.6) is 0 Å². The van der Waals surface area contributed by atoms with E-state index in [2.05, 4.69) is 90.2 Å². The minimum absolute atomic E-state index is 0.00421. The summed E-state index contributed by atoms with van der Waals surface area (Å²) in [5, 5.41) is 32.4. The van der Waals surface area contributed by atoms with Crippen LogP contribution in [0.2, 0.25) is 0 Å². The normalized spacial score (nSPS) is 29.8. The van der Waals surface area contributed by atoms with Crippen molar-refractivity contribution < 1.29 is 15.3 Å². The molecule has 3 nitrogen and oxygen atoms in total. The zero-order chi connectivity index (χ0) is 32.5. The fourth-order valence-electron chi connectivity index (χ4n) is 6.38. The Morgan fingerprint density at radius 2 is 1.19 bits per heavy atom. The smallest absolute Gasteiger partial charge is 0.116 e. The SMILES string of the molecule is CC1=C(/C=C/C(C)=C/C=C/C(C)=C/C=C/C=C(C)/C=C/C=C(C)/C=C/[C@]2(O)C(C)(C)CCC[C@@]2(C)O)C(C)(C)C[C@H](O)C1. The highest BCUT2D eigenvalue weighted by Crippen LogP contribution is 2.50. The summed E-state index contributed by atoms with van der Waals surface area (Å²) in [6, 6.07) is 0. The number of hydrogen-bond donors (Lipinski definition) is 3. The van der Waals surface area contributed by atoms with Crippen molar-refractivity contribution in [1.29, 1.82) is 0 Å². The van der Waals surface area contributed by atoms with E-state index in [-0.39, 0.29) is 11.5 Å². The molecule has 0 radical (unpaired) electrons. The standard InChI is InChI=1S/C40H58O3/c1-30(18-13-20-32(3)22-23-36-34(5)28-35(41)29-37(36,6)7)16-11-12-17-31(2)19-14-21-33(4)24-27-40(43)38(8,9)25-15-26-39(40,10)42/h11-14,16-24,27,35,41-43H,15,25-26,28-29H2,1-10H3/b12-11+,18-13+,19-14+,23-22+,27-24+,30-16+,31-17+,32-20+,33-21+/t35-,39-,40+/m1/s1. The first kappa shape index (κ1) is 36.5. The molecule has 0 spiro atoms. The minimum atomic E-state index is -1.26. The van der Waals surface area contributed by atoms with E-state index in [1.807, 2.05) is 51.2 Å². The summed E-state index contributed by atoms with van der Waals surface area (Å²) in [5.74, 6) is 0. The number of rotatable bonds is 10. The Bertz CT molecular complexity index is 1260. The Kier molecular flexibility index (Phi) is 13.0. The second-order valence-electron chi connectivity index (χ2n) is 14.3. The predicted octanol–water partition coefficient (Wildman–Crippen LogP) is 9.74. The maximum Gasteiger partial charge on any atom is 0.116 e. The van der Waals surface area contributed by atoms with Crippen LogP contribution in [0.15, 0.2) is 119 Å². The first-order chi connectivity index (χ1) is 19.9. The predicted molar refractivity (Wildman–Crippen MR) is 186 cm³/mol. The van der Waals surface area contributed by atoms with Gasteiger partial charge in [0.05, 0.1) is 11.7 Å². The molecule has 0 heterocycles. The molecule has 0 bridgehead atoms. The summed E-state index contributed by atoms with van der Waals surface area (Å²) in [5.41, 5.74) is 4.32. The average molecular weight is 587 g/mol. The molecule has 2 aliphatic carbocycles. The van der Waals surface area contributed by atoms with Crippen LogP contribution in [0, 0.1) is 10.8 Å². The number of hydrogen-bond acceptors (Lipinski definition) is 3. The molecule has 0 aromatic carbocycles. The quantitative estimate of drug-likeness (QED) is 0.223. The van der Waals surface area contributed by atoms with Crippen molar-refractivity contribution in [1.82, 2.24) is 0 Å². The molecule has 0 aromatic heterocycles. The minimum Gasteiger partial charge on any atom is -0.393 e. The van der Waals surface area contributed by atoms with Crippen LogP contribution in [-0.4, -0.2) is 32.6 Å². The van der Waals surface area contributed by atoms with Gasteiger partial charge in [0.2, 0.25) is 0 Å². The zero-order valence-corrected chi connectivity index (χ0v) is 28.5. The zero-order valence-electron chi connectivity index (χ0n) is 28.5. The van der Waals surface area contributed by atoms with E-state index in [9.17, 15) is 15.3 Å². The van der Waals surface area contributed by atoms with E-state index in [4.69, 9.17) is 0 Å². The van der Waals surface area contributed by atoms with Gasteiger partial charge >= 0.3 is 0 Å². The highest BCUT2D eigenvalue weighted by atomic mass is 16.4. The first-order valence-corrected chi connectivity index (χ1v) is 15.8. The van der Waals surface area contributed by atoms with Crippen LogP contribution in [0.25, 0.3) is 0 Å². The lowest BCUT2D eigenvalue weighted by Crippen LogP contribution is -2.62. The summed E-state index contributed by atoms with van der Waals surface area (Å²) in [6.07, 6.45) is 32.5. The van der Waals surface area contributed by atoms with Gasteiger partial charge in [0.15, 0.2) is 0 Å². The largest absolute Gasteiger partial charge is 0.393 e. The summed E-state index contributed by atoms with van der Waals surface area (Å²) < 4.78 is 0. The van der Waals surface area contributed by atoms with Crippen molar-refractivity contribution >= 4 is 0 Å². The first-order valence-electron chi connectivity index (χ1n) is 15.8. The van der Waals surface area contributed by atoms with Gasteiger partial charge in [0, 0.05) is 0 Å². The fraction of sp³-hybridized carbons (Fsp3) is 0.500. The monoisotopic (exact) mass is 586 g/mol. The second-order valence-corrected chi connectivity index (χ2v) is 14.3. The second kappa shape index (κ2) is 15.3. The maximum atomic E-state index is 11.4. The maximum absolute atomic E-state index is 11.4. The molecule has 0 saturated heterocycles. The molecular formula is C40H58O3. The van der Waals surface area contributed by atoms with Gasteiger partial charge in [0.25, 0.3) is 0 Å². The summed E-state index contributed by atoms with van der Waals surface area (Å²) in [6.45, 7) is 20.6. The van der Waals surface area contributed by atoms with Gasteiger partial charge in [0.1, 0.15) is 5.60 Å². The third-order valence-corrected chi connectivity index (χ3v) is 9.16. The molecule has 236 valence electrons. The van der Waals surface area contributed by atoms with Crippen LogP contribution < -0.4 is 0 Å². The molecular weight excluding hydrogens is 528 g/mol. The summed E-state index contributed by atoms with van der Waals surface area (Å²) in [7, 11) is 0. The number of aliphatic hydroxyl groups is 3. The molecule has 3 atom stereocenters. The van der Waals surface area contributed by atoms with Crippen molar-refractivity contribution in [2.45, 2.75) is 119 Å². The molecule has 0 aromatic rings. The van der Waals surface area contributed by atoms with Crippen LogP contribution >= 0.6 is 0 Å². The molecule has 43 heavy (non-hydrogen) atoms. The summed E-state index contributed by atoms with van der Waals surface area (Å²) in [4.78, 5) is 0. The summed E-state index contributed by atoms with van der Waals surface area (Å²) >= 11 is 0. The van der Waals surface area contributed by atoms with Crippen LogP contribution in [0.4, 0.5) is 0 Å². The lowest BCUT2D eigenvalue weighted by atomic mass is 9.58. The highest BCUT2D eigenvalue weighted by Gasteiger charge is 2.56. The van der Waals surface area contributed by atoms with Gasteiger partial charge in [-0.1, -0.05) is 135 Å². The van der Waals surface area contributed by atoms with Crippen molar-refractivity contribution in [3.63, 3.8) is 0 Å². The Morgan fingerprint density at radius 1 is 0.698 bits per heavy atom. The Hall–Kier alpha value is -2.72. The van der Waals surface area contributed by atoms with Crippen molar-refractivity contribution in [3.8, 4) is 0 Å². The van der Waals surface area contributed by atoms with E-state index < -0.39 is 16.6 Å². The van der Waals surface area contributed by atoms with Crippen molar-refractivity contribution in [3.05, 3.63) is 119 Å². The lowest BCUT2D eigenvalue weighted by Gasteiger charge is -2.53. The fourth-order valence-corrected chi connectivity index (χ4v) is 6.38. The number of allylic oxidation sites excluding steroid dienone is 18. The lowest BCUT2D eigenvalue weighted by molar-refractivity contribution is -0.194. The van der Waals surface area contributed by atoms with E-state index in [1.54, 1.807) is 13.0 Å². The Morgan fingerprint density at radius 3 is 1.70 bits per heavy atom. The topological polar surface area (TPSA) is 60.7 Å². The van der Waals surface area contributed by atoms with Gasteiger partial charge in [-0.25, -0.2) is 0 Å². The number of aliphatic hydroxyl groups excluding tert-OH is 1. The van der Waals surface area contributed by atoms with Crippen molar-refractivity contribution in [2.24, 2.45) is 10.8 Å².